The first-order valence-electron chi connectivity index (χ1n) is 7.36. The molecule has 0 aliphatic heterocycles. The van der Waals surface area contributed by atoms with Gasteiger partial charge in [0.15, 0.2) is 0 Å². The van der Waals surface area contributed by atoms with Crippen LogP contribution in [0.15, 0.2) is 0 Å². The van der Waals surface area contributed by atoms with Crippen LogP contribution in [-0.4, -0.2) is 26.1 Å². The van der Waals surface area contributed by atoms with Crippen molar-refractivity contribution in [2.45, 2.75) is 90.4 Å². The van der Waals surface area contributed by atoms with E-state index >= 15 is 0 Å². The summed E-state index contributed by atoms with van der Waals surface area (Å²) in [7, 11) is 0. The molecule has 110 valence electrons. The minimum atomic E-state index is -2.78. The van der Waals surface area contributed by atoms with E-state index in [4.69, 9.17) is 7.53 Å². The summed E-state index contributed by atoms with van der Waals surface area (Å²) in [6.07, 6.45) is 1.72. The van der Waals surface area contributed by atoms with Crippen molar-refractivity contribution in [2.75, 3.05) is 0 Å². The van der Waals surface area contributed by atoms with E-state index in [0.717, 1.165) is 5.25 Å². The van der Waals surface area contributed by atoms with E-state index < -0.39 is 13.9 Å². The average Bonchev–Trinajstić information content (AvgIpc) is 2.10. The van der Waals surface area contributed by atoms with Crippen molar-refractivity contribution in [3.05, 3.63) is 0 Å². The molecule has 0 atom stereocenters. The van der Waals surface area contributed by atoms with E-state index in [0.29, 0.717) is 5.92 Å². The zero-order chi connectivity index (χ0) is 14.6. The average molecular weight is 319 g/mol. The summed E-state index contributed by atoms with van der Waals surface area (Å²) < 4.78 is 13.0. The Balaban J connectivity index is 5.12. The molecule has 18 heavy (non-hydrogen) atoms. The van der Waals surface area contributed by atoms with Crippen LogP contribution in [0.5, 0.6) is 0 Å². The number of hydrogen-bond donors (Lipinski definition) is 0. The predicted octanol–water partition coefficient (Wildman–Crippen LogP) is 5.12. The molecule has 0 saturated carbocycles. The van der Waals surface area contributed by atoms with E-state index in [1.807, 2.05) is 0 Å². The molecule has 0 heterocycles. The van der Waals surface area contributed by atoms with Crippen LogP contribution < -0.4 is 0 Å². The SMILES string of the molecule is CC(C)C[CH2][Ge]([O]C(C)C)([O]C(C)C)[C](C)(C)C. The van der Waals surface area contributed by atoms with Gasteiger partial charge in [-0.2, -0.15) is 0 Å². The molecule has 0 aromatic carbocycles. The van der Waals surface area contributed by atoms with E-state index in [-0.39, 0.29) is 16.5 Å². The van der Waals surface area contributed by atoms with E-state index in [1.54, 1.807) is 0 Å². The molecule has 0 rings (SSSR count). The van der Waals surface area contributed by atoms with Crippen LogP contribution in [-0.2, 0) is 7.53 Å². The molecular formula is C15H34GeO2. The van der Waals surface area contributed by atoms with Gasteiger partial charge in [0.25, 0.3) is 0 Å². The van der Waals surface area contributed by atoms with Gasteiger partial charge in [0, 0.05) is 0 Å². The Morgan fingerprint density at radius 1 is 0.833 bits per heavy atom. The first kappa shape index (κ1) is 18.5. The normalized spacial score (nSPS) is 14.0. The number of rotatable bonds is 7. The summed E-state index contributed by atoms with van der Waals surface area (Å²) in [5, 5.41) is 1.14. The van der Waals surface area contributed by atoms with Crippen molar-refractivity contribution < 1.29 is 7.53 Å². The fourth-order valence-electron chi connectivity index (χ4n) is 2.11. The van der Waals surface area contributed by atoms with Crippen LogP contribution >= 0.6 is 0 Å². The molecule has 0 spiro atoms. The van der Waals surface area contributed by atoms with Gasteiger partial charge in [0.1, 0.15) is 0 Å². The summed E-state index contributed by atoms with van der Waals surface area (Å²) in [6, 6.07) is 0. The van der Waals surface area contributed by atoms with Crippen LogP contribution in [0.3, 0.4) is 0 Å². The monoisotopic (exact) mass is 320 g/mol. The van der Waals surface area contributed by atoms with Crippen molar-refractivity contribution in [3.63, 3.8) is 0 Å². The quantitative estimate of drug-likeness (QED) is 0.606. The minimum absolute atomic E-state index is 0.156. The second kappa shape index (κ2) is 7.30. The zero-order valence-corrected chi connectivity index (χ0v) is 16.1. The van der Waals surface area contributed by atoms with Gasteiger partial charge in [-0.3, -0.25) is 0 Å². The second-order valence-corrected chi connectivity index (χ2v) is 15.6. The maximum atomic E-state index is 6.43. The topological polar surface area (TPSA) is 18.5 Å². The summed E-state index contributed by atoms with van der Waals surface area (Å²) >= 11 is -2.78. The summed E-state index contributed by atoms with van der Waals surface area (Å²) in [5.41, 5.74) is 0. The van der Waals surface area contributed by atoms with E-state index in [1.165, 1.54) is 6.42 Å². The van der Waals surface area contributed by atoms with Crippen molar-refractivity contribution in [2.24, 2.45) is 5.92 Å². The second-order valence-electron chi connectivity index (χ2n) is 7.27. The van der Waals surface area contributed by atoms with Gasteiger partial charge in [0.2, 0.25) is 0 Å². The van der Waals surface area contributed by atoms with Crippen LogP contribution in [0.25, 0.3) is 0 Å². The third-order valence-electron chi connectivity index (χ3n) is 3.05. The van der Waals surface area contributed by atoms with Gasteiger partial charge in [-0.25, -0.2) is 0 Å². The van der Waals surface area contributed by atoms with Crippen LogP contribution in [0.2, 0.25) is 9.50 Å². The molecule has 3 heteroatoms. The molecule has 0 radical (unpaired) electrons. The molecule has 2 nitrogen and oxygen atoms in total. The summed E-state index contributed by atoms with van der Waals surface area (Å²) in [4.78, 5) is 0. The predicted molar refractivity (Wildman–Crippen MR) is 82.2 cm³/mol. The zero-order valence-electron chi connectivity index (χ0n) is 14.0. The Kier molecular flexibility index (Phi) is 7.49. The molecule has 0 saturated heterocycles. The molecule has 0 aromatic rings. The van der Waals surface area contributed by atoms with Crippen LogP contribution in [0.1, 0.15) is 68.7 Å². The van der Waals surface area contributed by atoms with Gasteiger partial charge in [-0.1, -0.05) is 0 Å². The van der Waals surface area contributed by atoms with E-state index in [9.17, 15) is 0 Å². The first-order chi connectivity index (χ1) is 8.00. The molecule has 0 aliphatic rings. The molecule has 0 amide bonds. The van der Waals surface area contributed by atoms with Crippen molar-refractivity contribution in [3.8, 4) is 0 Å². The molecule has 0 unspecified atom stereocenters. The molecule has 0 bridgehead atoms. The third kappa shape index (κ3) is 6.07. The van der Waals surface area contributed by atoms with Gasteiger partial charge < -0.3 is 0 Å². The number of hydrogen-bond acceptors (Lipinski definition) is 2. The molecule has 0 fully saturated rings. The Morgan fingerprint density at radius 3 is 1.44 bits per heavy atom. The molecule has 0 N–H and O–H groups in total. The van der Waals surface area contributed by atoms with Crippen molar-refractivity contribution in [1.82, 2.24) is 0 Å². The standard InChI is InChI=1S/C15H34GeO2/c1-12(2)10-11-16(15(7,8)9,17-13(3)4)18-14(5)6/h12-14H,10-11H2,1-9H3. The van der Waals surface area contributed by atoms with Crippen LogP contribution in [0.4, 0.5) is 0 Å². The fourth-order valence-corrected chi connectivity index (χ4v) is 11.0. The van der Waals surface area contributed by atoms with E-state index in [2.05, 4.69) is 62.3 Å². The van der Waals surface area contributed by atoms with Gasteiger partial charge >= 0.3 is 118 Å². The first-order valence-corrected chi connectivity index (χ1v) is 11.6. The third-order valence-corrected chi connectivity index (χ3v) is 13.4. The van der Waals surface area contributed by atoms with Gasteiger partial charge in [0.05, 0.1) is 0 Å². The Bertz CT molecular complexity index is 219. The van der Waals surface area contributed by atoms with Crippen molar-refractivity contribution >= 4 is 13.9 Å². The maximum absolute atomic E-state index is 6.43. The summed E-state index contributed by atoms with van der Waals surface area (Å²) in [5.74, 6) is 0.712. The van der Waals surface area contributed by atoms with Gasteiger partial charge in [-0.15, -0.1) is 0 Å². The van der Waals surface area contributed by atoms with Crippen molar-refractivity contribution in [1.29, 1.82) is 0 Å². The molecule has 0 aromatic heterocycles. The van der Waals surface area contributed by atoms with Gasteiger partial charge in [-0.05, 0) is 0 Å². The molecular weight excluding hydrogens is 285 g/mol. The Morgan fingerprint density at radius 2 is 1.22 bits per heavy atom. The Labute approximate surface area is 118 Å². The Hall–Kier alpha value is 0.463. The van der Waals surface area contributed by atoms with Crippen LogP contribution in [0, 0.1) is 5.92 Å². The summed E-state index contributed by atoms with van der Waals surface area (Å²) in [6.45, 7) is 19.9. The molecule has 0 aliphatic carbocycles. The fraction of sp³-hybridized carbons (Fsp3) is 1.00.